The first-order chi connectivity index (χ1) is 6.81. The van der Waals surface area contributed by atoms with Gasteiger partial charge >= 0.3 is 0 Å². The fourth-order valence-electron chi connectivity index (χ4n) is 1.49. The van der Waals surface area contributed by atoms with E-state index in [0.29, 0.717) is 0 Å². The summed E-state index contributed by atoms with van der Waals surface area (Å²) in [4.78, 5) is 0. The first-order valence-electron chi connectivity index (χ1n) is 4.67. The fraction of sp³-hybridized carbons (Fsp3) is 0.0769. The Balaban J connectivity index is 2.59. The van der Waals surface area contributed by atoms with E-state index in [9.17, 15) is 0 Å². The molecule has 0 atom stereocenters. The lowest BCUT2D eigenvalue weighted by Crippen LogP contribution is -1.83. The Kier molecular flexibility index (Phi) is 2.23. The van der Waals surface area contributed by atoms with Crippen LogP contribution < -0.4 is 0 Å². The summed E-state index contributed by atoms with van der Waals surface area (Å²) in [6.07, 6.45) is 6.00. The molecular formula is C13H13N. The summed E-state index contributed by atoms with van der Waals surface area (Å²) < 4.78 is 2.12. The van der Waals surface area contributed by atoms with Crippen LogP contribution in [0.4, 0.5) is 0 Å². The van der Waals surface area contributed by atoms with Gasteiger partial charge in [0, 0.05) is 12.4 Å². The minimum atomic E-state index is 1.16. The predicted octanol–water partition coefficient (Wildman–Crippen LogP) is 3.69. The zero-order valence-corrected chi connectivity index (χ0v) is 8.27. The Morgan fingerprint density at radius 1 is 1.29 bits per heavy atom. The average molecular weight is 183 g/mol. The molecule has 1 heterocycles. The maximum Gasteiger partial charge on any atom is 0.0522 e. The summed E-state index contributed by atoms with van der Waals surface area (Å²) in [6.45, 7) is 5.78. The third-order valence-electron chi connectivity index (χ3n) is 2.29. The van der Waals surface area contributed by atoms with Crippen molar-refractivity contribution in [3.05, 3.63) is 54.8 Å². The highest BCUT2D eigenvalue weighted by Gasteiger charge is 1.96. The number of benzene rings is 1. The molecule has 0 aliphatic heterocycles. The van der Waals surface area contributed by atoms with E-state index in [-0.39, 0.29) is 0 Å². The second-order valence-electron chi connectivity index (χ2n) is 3.36. The molecule has 0 aliphatic carbocycles. The Morgan fingerprint density at radius 2 is 2.07 bits per heavy atom. The predicted molar refractivity (Wildman–Crippen MR) is 62.1 cm³/mol. The second kappa shape index (κ2) is 3.54. The van der Waals surface area contributed by atoms with Crippen molar-refractivity contribution in [3.63, 3.8) is 0 Å². The van der Waals surface area contributed by atoms with Gasteiger partial charge in [-0.25, -0.2) is 0 Å². The molecule has 14 heavy (non-hydrogen) atoms. The summed E-state index contributed by atoms with van der Waals surface area (Å²) >= 11 is 0. The van der Waals surface area contributed by atoms with Crippen molar-refractivity contribution in [3.8, 4) is 0 Å². The monoisotopic (exact) mass is 183 g/mol. The largest absolute Gasteiger partial charge is 0.323 e. The lowest BCUT2D eigenvalue weighted by Gasteiger charge is -1.98. The summed E-state index contributed by atoms with van der Waals surface area (Å²) in [7, 11) is 0. The van der Waals surface area contributed by atoms with E-state index in [2.05, 4.69) is 53.9 Å². The van der Waals surface area contributed by atoms with E-state index in [1.807, 2.05) is 13.0 Å². The van der Waals surface area contributed by atoms with Gasteiger partial charge in [-0.05, 0) is 30.0 Å². The van der Waals surface area contributed by atoms with Gasteiger partial charge in [0.15, 0.2) is 0 Å². The van der Waals surface area contributed by atoms with Gasteiger partial charge in [0.25, 0.3) is 0 Å². The van der Waals surface area contributed by atoms with Crippen LogP contribution in [0.25, 0.3) is 17.1 Å². The Bertz CT molecular complexity index is 489. The number of hydrogen-bond donors (Lipinski definition) is 0. The lowest BCUT2D eigenvalue weighted by atomic mass is 10.2. The van der Waals surface area contributed by atoms with Gasteiger partial charge in [-0.1, -0.05) is 30.9 Å². The molecule has 1 heteroatoms. The van der Waals surface area contributed by atoms with Crippen LogP contribution in [0.5, 0.6) is 0 Å². The van der Waals surface area contributed by atoms with Crippen LogP contribution in [0.1, 0.15) is 6.92 Å². The molecule has 70 valence electrons. The molecule has 0 N–H and O–H groups in total. The Labute approximate surface area is 84.0 Å². The molecule has 0 unspecified atom stereocenters. The highest BCUT2D eigenvalue weighted by molar-refractivity contribution is 5.82. The van der Waals surface area contributed by atoms with Crippen LogP contribution in [0.15, 0.2) is 54.8 Å². The van der Waals surface area contributed by atoms with Crippen LogP contribution in [0.3, 0.4) is 0 Å². The molecule has 0 radical (unpaired) electrons. The topological polar surface area (TPSA) is 4.93 Å². The van der Waals surface area contributed by atoms with E-state index in [1.165, 1.54) is 10.9 Å². The number of aromatic nitrogens is 1. The SMILES string of the molecule is C=C/C(C)=C/n1ccc2ccccc21. The van der Waals surface area contributed by atoms with E-state index >= 15 is 0 Å². The minimum absolute atomic E-state index is 1.16. The number of rotatable bonds is 2. The van der Waals surface area contributed by atoms with Crippen molar-refractivity contribution in [1.82, 2.24) is 4.57 Å². The first kappa shape index (κ1) is 8.82. The maximum absolute atomic E-state index is 3.74. The standard InChI is InChI=1S/C13H13N/c1-3-11(2)10-14-9-8-12-6-4-5-7-13(12)14/h3-10H,1H2,2H3/b11-10+. The summed E-state index contributed by atoms with van der Waals surface area (Å²) in [5.41, 5.74) is 2.39. The van der Waals surface area contributed by atoms with Gasteiger partial charge < -0.3 is 4.57 Å². The molecule has 2 rings (SSSR count). The highest BCUT2D eigenvalue weighted by atomic mass is 14.9. The van der Waals surface area contributed by atoms with Gasteiger partial charge in [0.05, 0.1) is 5.52 Å². The maximum atomic E-state index is 3.74. The van der Waals surface area contributed by atoms with Gasteiger partial charge in [-0.3, -0.25) is 0 Å². The van der Waals surface area contributed by atoms with E-state index in [4.69, 9.17) is 0 Å². The van der Waals surface area contributed by atoms with Gasteiger partial charge in [0.1, 0.15) is 0 Å². The van der Waals surface area contributed by atoms with Crippen molar-refractivity contribution >= 4 is 17.1 Å². The van der Waals surface area contributed by atoms with Crippen LogP contribution in [0, 0.1) is 0 Å². The third kappa shape index (κ3) is 1.49. The summed E-state index contributed by atoms with van der Waals surface area (Å²) in [5, 5.41) is 1.26. The molecular weight excluding hydrogens is 170 g/mol. The van der Waals surface area contributed by atoms with E-state index in [0.717, 1.165) is 5.57 Å². The number of para-hydroxylation sites is 1. The van der Waals surface area contributed by atoms with Crippen LogP contribution in [-0.2, 0) is 0 Å². The molecule has 0 amide bonds. The van der Waals surface area contributed by atoms with Crippen molar-refractivity contribution in [2.75, 3.05) is 0 Å². The molecule has 0 saturated carbocycles. The van der Waals surface area contributed by atoms with Crippen LogP contribution in [0.2, 0.25) is 0 Å². The average Bonchev–Trinajstić information content (AvgIpc) is 2.62. The molecule has 0 fully saturated rings. The fourth-order valence-corrected chi connectivity index (χ4v) is 1.49. The number of hydrogen-bond acceptors (Lipinski definition) is 0. The molecule has 0 spiro atoms. The summed E-state index contributed by atoms with van der Waals surface area (Å²) in [5.74, 6) is 0. The van der Waals surface area contributed by atoms with Crippen LogP contribution in [-0.4, -0.2) is 4.57 Å². The molecule has 1 aromatic carbocycles. The highest BCUT2D eigenvalue weighted by Crippen LogP contribution is 2.16. The molecule has 2 aromatic rings. The van der Waals surface area contributed by atoms with Gasteiger partial charge in [-0.2, -0.15) is 0 Å². The van der Waals surface area contributed by atoms with Crippen LogP contribution >= 0.6 is 0 Å². The quantitative estimate of drug-likeness (QED) is 0.626. The molecule has 1 aromatic heterocycles. The minimum Gasteiger partial charge on any atom is -0.323 e. The normalized spacial score (nSPS) is 11.9. The first-order valence-corrected chi connectivity index (χ1v) is 4.67. The second-order valence-corrected chi connectivity index (χ2v) is 3.36. The Hall–Kier alpha value is -1.76. The number of fused-ring (bicyclic) bond motifs is 1. The van der Waals surface area contributed by atoms with Crippen molar-refractivity contribution < 1.29 is 0 Å². The van der Waals surface area contributed by atoms with E-state index < -0.39 is 0 Å². The molecule has 0 aliphatic rings. The lowest BCUT2D eigenvalue weighted by molar-refractivity contribution is 1.21. The Morgan fingerprint density at radius 3 is 2.86 bits per heavy atom. The van der Waals surface area contributed by atoms with E-state index in [1.54, 1.807) is 0 Å². The van der Waals surface area contributed by atoms with Crippen molar-refractivity contribution in [2.24, 2.45) is 0 Å². The smallest absolute Gasteiger partial charge is 0.0522 e. The zero-order valence-electron chi connectivity index (χ0n) is 8.27. The van der Waals surface area contributed by atoms with Crippen molar-refractivity contribution in [1.29, 1.82) is 0 Å². The van der Waals surface area contributed by atoms with Gasteiger partial charge in [-0.15, -0.1) is 0 Å². The molecule has 1 nitrogen and oxygen atoms in total. The number of allylic oxidation sites excluding steroid dienone is 2. The number of nitrogens with zero attached hydrogens (tertiary/aromatic N) is 1. The third-order valence-corrected chi connectivity index (χ3v) is 2.29. The summed E-state index contributed by atoms with van der Waals surface area (Å²) in [6, 6.07) is 10.4. The molecule has 0 bridgehead atoms. The van der Waals surface area contributed by atoms with Crippen molar-refractivity contribution in [2.45, 2.75) is 6.92 Å². The van der Waals surface area contributed by atoms with Gasteiger partial charge in [0.2, 0.25) is 0 Å². The molecule has 0 saturated heterocycles. The zero-order chi connectivity index (χ0) is 9.97.